The van der Waals surface area contributed by atoms with E-state index in [0.29, 0.717) is 0 Å². The molecular formula is C6H3F9O3. The standard InChI is InChI=1S/C6H3F9O3/c7-2(1-16)6(14,15)18-3(17-2,4(8,9)10)5(11,12)13/h16H,1H2. The van der Waals surface area contributed by atoms with Gasteiger partial charge in [-0.3, -0.25) is 9.47 Å². The van der Waals surface area contributed by atoms with Gasteiger partial charge in [0.05, 0.1) is 0 Å². The maximum absolute atomic E-state index is 13.0. The van der Waals surface area contributed by atoms with E-state index in [1.807, 2.05) is 0 Å². The molecule has 3 nitrogen and oxygen atoms in total. The van der Waals surface area contributed by atoms with Crippen LogP contribution in [0.15, 0.2) is 0 Å². The molecule has 0 radical (unpaired) electrons. The zero-order valence-electron chi connectivity index (χ0n) is 7.87. The summed E-state index contributed by atoms with van der Waals surface area (Å²) in [7, 11) is 0. The van der Waals surface area contributed by atoms with Crippen molar-refractivity contribution in [3.05, 3.63) is 0 Å². The molecule has 0 bridgehead atoms. The van der Waals surface area contributed by atoms with Gasteiger partial charge in [0.1, 0.15) is 6.61 Å². The fraction of sp³-hybridized carbons (Fsp3) is 1.00. The molecule has 1 aliphatic heterocycles. The molecule has 12 heteroatoms. The minimum absolute atomic E-state index is 2.43. The number of hydrogen-bond acceptors (Lipinski definition) is 3. The molecule has 1 fully saturated rings. The van der Waals surface area contributed by atoms with E-state index in [1.165, 1.54) is 0 Å². The van der Waals surface area contributed by atoms with Crippen LogP contribution in [0.1, 0.15) is 0 Å². The van der Waals surface area contributed by atoms with Crippen LogP contribution in [0.25, 0.3) is 0 Å². The van der Waals surface area contributed by atoms with Crippen molar-refractivity contribution in [1.29, 1.82) is 0 Å². The van der Waals surface area contributed by atoms with Crippen LogP contribution in [0.5, 0.6) is 0 Å². The number of halogens is 9. The molecule has 0 aromatic carbocycles. The predicted molar refractivity (Wildman–Crippen MR) is 32.9 cm³/mol. The van der Waals surface area contributed by atoms with E-state index in [1.54, 1.807) is 0 Å². The molecular weight excluding hydrogens is 291 g/mol. The predicted octanol–water partition coefficient (Wildman–Crippen LogP) is 2.10. The lowest BCUT2D eigenvalue weighted by molar-refractivity contribution is -0.463. The van der Waals surface area contributed by atoms with Crippen molar-refractivity contribution in [2.45, 2.75) is 30.1 Å². The average Bonchev–Trinajstić information content (AvgIpc) is 2.34. The number of ether oxygens (including phenoxy) is 2. The number of aliphatic hydroxyl groups is 1. The molecule has 1 aliphatic rings. The fourth-order valence-electron chi connectivity index (χ4n) is 1.08. The molecule has 1 heterocycles. The monoisotopic (exact) mass is 294 g/mol. The Hall–Kier alpha value is -0.750. The van der Waals surface area contributed by atoms with Crippen LogP contribution in [0.2, 0.25) is 0 Å². The van der Waals surface area contributed by atoms with E-state index < -0.39 is 36.7 Å². The van der Waals surface area contributed by atoms with E-state index in [0.717, 1.165) is 0 Å². The zero-order valence-corrected chi connectivity index (χ0v) is 7.87. The van der Waals surface area contributed by atoms with Crippen LogP contribution in [-0.2, 0) is 9.47 Å². The van der Waals surface area contributed by atoms with Crippen molar-refractivity contribution in [2.75, 3.05) is 6.61 Å². The van der Waals surface area contributed by atoms with Crippen LogP contribution in [0.4, 0.5) is 39.5 Å². The Bertz CT molecular complexity index is 320. The van der Waals surface area contributed by atoms with E-state index >= 15 is 0 Å². The Labute approximate surface area is 92.1 Å². The van der Waals surface area contributed by atoms with Gasteiger partial charge in [0.2, 0.25) is 0 Å². The Kier molecular flexibility index (Phi) is 3.09. The maximum Gasteiger partial charge on any atom is 0.453 e. The number of rotatable bonds is 1. The van der Waals surface area contributed by atoms with E-state index in [4.69, 9.17) is 5.11 Å². The third-order valence-corrected chi connectivity index (χ3v) is 1.96. The van der Waals surface area contributed by atoms with Gasteiger partial charge >= 0.3 is 30.1 Å². The van der Waals surface area contributed by atoms with E-state index in [2.05, 4.69) is 9.47 Å². The van der Waals surface area contributed by atoms with Gasteiger partial charge in [-0.1, -0.05) is 0 Å². The quantitative estimate of drug-likeness (QED) is 0.753. The average molecular weight is 294 g/mol. The smallest absolute Gasteiger partial charge is 0.390 e. The summed E-state index contributed by atoms with van der Waals surface area (Å²) in [6.07, 6.45) is -18.7. The Morgan fingerprint density at radius 1 is 0.833 bits per heavy atom. The molecule has 0 spiro atoms. The first-order chi connectivity index (χ1) is 7.72. The lowest BCUT2D eigenvalue weighted by Crippen LogP contribution is -2.59. The van der Waals surface area contributed by atoms with Gasteiger partial charge in [-0.25, -0.2) is 0 Å². The Morgan fingerprint density at radius 3 is 1.39 bits per heavy atom. The van der Waals surface area contributed by atoms with Crippen molar-refractivity contribution in [1.82, 2.24) is 0 Å². The second kappa shape index (κ2) is 3.63. The first-order valence-corrected chi connectivity index (χ1v) is 3.94. The van der Waals surface area contributed by atoms with Gasteiger partial charge in [0.25, 0.3) is 0 Å². The number of hydrogen-bond donors (Lipinski definition) is 1. The third kappa shape index (κ3) is 1.82. The zero-order chi connectivity index (χ0) is 14.6. The molecule has 0 saturated carbocycles. The topological polar surface area (TPSA) is 38.7 Å². The second-order valence-electron chi connectivity index (χ2n) is 3.22. The highest BCUT2D eigenvalue weighted by molar-refractivity contribution is 4.99. The summed E-state index contributed by atoms with van der Waals surface area (Å²) in [4.78, 5) is 0. The second-order valence-corrected chi connectivity index (χ2v) is 3.22. The number of alkyl halides is 9. The Balaban J connectivity index is 3.37. The van der Waals surface area contributed by atoms with Gasteiger partial charge in [-0.15, -0.1) is 0 Å². The van der Waals surface area contributed by atoms with Crippen molar-refractivity contribution >= 4 is 0 Å². The summed E-state index contributed by atoms with van der Waals surface area (Å²) in [5.41, 5.74) is 0. The van der Waals surface area contributed by atoms with Crippen LogP contribution in [0.3, 0.4) is 0 Å². The van der Waals surface area contributed by atoms with Crippen molar-refractivity contribution in [3.63, 3.8) is 0 Å². The highest BCUT2D eigenvalue weighted by atomic mass is 19.4. The van der Waals surface area contributed by atoms with Gasteiger partial charge < -0.3 is 5.11 Å². The molecule has 0 aromatic rings. The molecule has 0 aliphatic carbocycles. The van der Waals surface area contributed by atoms with Crippen LogP contribution < -0.4 is 0 Å². The van der Waals surface area contributed by atoms with Crippen LogP contribution in [-0.4, -0.2) is 41.8 Å². The highest BCUT2D eigenvalue weighted by Crippen LogP contribution is 2.58. The van der Waals surface area contributed by atoms with Crippen LogP contribution in [0, 0.1) is 0 Å². The molecule has 1 atom stereocenters. The third-order valence-electron chi connectivity index (χ3n) is 1.96. The fourth-order valence-corrected chi connectivity index (χ4v) is 1.08. The molecule has 1 unspecified atom stereocenters. The summed E-state index contributed by atoms with van der Waals surface area (Å²) in [5, 5.41) is 8.13. The van der Waals surface area contributed by atoms with Crippen molar-refractivity contribution < 1.29 is 54.1 Å². The molecule has 18 heavy (non-hydrogen) atoms. The summed E-state index contributed by atoms with van der Waals surface area (Å²) in [6.45, 7) is -2.46. The minimum Gasteiger partial charge on any atom is -0.390 e. The van der Waals surface area contributed by atoms with Gasteiger partial charge in [-0.05, 0) is 0 Å². The van der Waals surface area contributed by atoms with E-state index in [-0.39, 0.29) is 0 Å². The lowest BCUT2D eigenvalue weighted by Gasteiger charge is -2.31. The van der Waals surface area contributed by atoms with Crippen LogP contribution >= 0.6 is 0 Å². The van der Waals surface area contributed by atoms with Gasteiger partial charge in [0.15, 0.2) is 0 Å². The maximum atomic E-state index is 13.0. The van der Waals surface area contributed by atoms with Gasteiger partial charge in [-0.2, -0.15) is 39.5 Å². The van der Waals surface area contributed by atoms with Gasteiger partial charge in [0, 0.05) is 0 Å². The summed E-state index contributed by atoms with van der Waals surface area (Å²) in [5.74, 6) is -10.8. The molecule has 0 amide bonds. The minimum atomic E-state index is -6.53. The molecule has 0 aromatic heterocycles. The normalized spacial score (nSPS) is 31.7. The number of aliphatic hydroxyl groups excluding tert-OH is 1. The molecule has 1 rings (SSSR count). The SMILES string of the molecule is OCC1(F)OC(C(F)(F)F)(C(F)(F)F)OC1(F)F. The lowest BCUT2D eigenvalue weighted by atomic mass is 10.2. The summed E-state index contributed by atoms with van der Waals surface area (Å²) >= 11 is 0. The molecule has 1 N–H and O–H groups in total. The molecule has 1 saturated heterocycles. The first-order valence-electron chi connectivity index (χ1n) is 3.94. The van der Waals surface area contributed by atoms with E-state index in [9.17, 15) is 39.5 Å². The molecule has 108 valence electrons. The Morgan fingerprint density at radius 2 is 1.22 bits per heavy atom. The largest absolute Gasteiger partial charge is 0.453 e. The summed E-state index contributed by atoms with van der Waals surface area (Å²) < 4.78 is 117. The first kappa shape index (κ1) is 15.3. The highest BCUT2D eigenvalue weighted by Gasteiger charge is 2.87. The van der Waals surface area contributed by atoms with Crippen molar-refractivity contribution in [3.8, 4) is 0 Å². The van der Waals surface area contributed by atoms with Crippen molar-refractivity contribution in [2.24, 2.45) is 0 Å². The summed E-state index contributed by atoms with van der Waals surface area (Å²) in [6, 6.07) is 0.